The quantitative estimate of drug-likeness (QED) is 0.536. The van der Waals surface area contributed by atoms with Gasteiger partial charge < -0.3 is 8.98 Å². The zero-order chi connectivity index (χ0) is 15.8. The first-order valence-electron chi connectivity index (χ1n) is 7.35. The number of hydrogen-bond donors (Lipinski definition) is 0. The highest BCUT2D eigenvalue weighted by atomic mass is 16.3. The van der Waals surface area contributed by atoms with E-state index in [0.29, 0.717) is 22.9 Å². The van der Waals surface area contributed by atoms with Crippen LogP contribution in [0.4, 0.5) is 0 Å². The van der Waals surface area contributed by atoms with Gasteiger partial charge in [-0.05, 0) is 24.3 Å². The Balaban J connectivity index is 1.75. The molecule has 0 unspecified atom stereocenters. The predicted octanol–water partition coefficient (Wildman–Crippen LogP) is 4.06. The van der Waals surface area contributed by atoms with Crippen LogP contribution in [0.5, 0.6) is 0 Å². The first-order valence-corrected chi connectivity index (χ1v) is 7.35. The Morgan fingerprint density at radius 1 is 0.957 bits per heavy atom. The van der Waals surface area contributed by atoms with Crippen molar-refractivity contribution in [3.63, 3.8) is 0 Å². The minimum absolute atomic E-state index is 0.129. The van der Waals surface area contributed by atoms with Crippen LogP contribution in [-0.4, -0.2) is 15.3 Å². The van der Waals surface area contributed by atoms with Gasteiger partial charge in [-0.2, -0.15) is 0 Å². The lowest BCUT2D eigenvalue weighted by Crippen LogP contribution is -1.98. The number of aryl methyl sites for hydroxylation is 1. The van der Waals surface area contributed by atoms with Gasteiger partial charge in [0, 0.05) is 12.6 Å². The Kier molecular flexibility index (Phi) is 3.08. The van der Waals surface area contributed by atoms with Crippen molar-refractivity contribution in [1.29, 1.82) is 0 Å². The van der Waals surface area contributed by atoms with Gasteiger partial charge in [0.05, 0.1) is 11.0 Å². The van der Waals surface area contributed by atoms with Crippen molar-refractivity contribution in [2.24, 2.45) is 7.05 Å². The average molecular weight is 302 g/mol. The summed E-state index contributed by atoms with van der Waals surface area (Å²) >= 11 is 0. The topological polar surface area (TPSA) is 48.0 Å². The number of para-hydroxylation sites is 2. The molecule has 4 aromatic rings. The van der Waals surface area contributed by atoms with Crippen molar-refractivity contribution in [2.45, 2.75) is 0 Å². The van der Waals surface area contributed by atoms with E-state index in [1.54, 1.807) is 24.3 Å². The van der Waals surface area contributed by atoms with Gasteiger partial charge in [-0.1, -0.05) is 42.5 Å². The number of imidazole rings is 1. The van der Waals surface area contributed by atoms with Gasteiger partial charge in [0.1, 0.15) is 0 Å². The molecule has 0 aliphatic heterocycles. The van der Waals surface area contributed by atoms with Crippen molar-refractivity contribution in [3.8, 4) is 11.6 Å². The van der Waals surface area contributed by atoms with Crippen molar-refractivity contribution >= 4 is 16.8 Å². The minimum Gasteiger partial charge on any atom is -0.449 e. The molecular formula is C19H14N2O2. The van der Waals surface area contributed by atoms with Gasteiger partial charge >= 0.3 is 0 Å². The molecule has 0 fully saturated rings. The molecule has 4 rings (SSSR count). The van der Waals surface area contributed by atoms with E-state index in [2.05, 4.69) is 4.98 Å². The molecule has 112 valence electrons. The SMILES string of the molecule is Cn1c(-c2ccc(C(=O)c3ccccc3)o2)nc2ccccc21. The number of hydrogen-bond acceptors (Lipinski definition) is 3. The second kappa shape index (κ2) is 5.25. The van der Waals surface area contributed by atoms with Gasteiger partial charge in [0.15, 0.2) is 17.3 Å². The Hall–Kier alpha value is -3.14. The van der Waals surface area contributed by atoms with E-state index in [0.717, 1.165) is 11.0 Å². The Morgan fingerprint density at radius 2 is 1.70 bits per heavy atom. The zero-order valence-corrected chi connectivity index (χ0v) is 12.6. The van der Waals surface area contributed by atoms with Gasteiger partial charge in [0.2, 0.25) is 5.78 Å². The van der Waals surface area contributed by atoms with Gasteiger partial charge in [-0.15, -0.1) is 0 Å². The maximum atomic E-state index is 12.4. The van der Waals surface area contributed by atoms with Crippen molar-refractivity contribution in [3.05, 3.63) is 78.1 Å². The number of furan rings is 1. The van der Waals surface area contributed by atoms with Crippen LogP contribution in [0.3, 0.4) is 0 Å². The normalized spacial score (nSPS) is 11.0. The van der Waals surface area contributed by atoms with Crippen LogP contribution in [0.15, 0.2) is 71.1 Å². The van der Waals surface area contributed by atoms with E-state index < -0.39 is 0 Å². The third-order valence-electron chi connectivity index (χ3n) is 3.87. The Bertz CT molecular complexity index is 997. The number of rotatable bonds is 3. The number of benzene rings is 2. The standard InChI is InChI=1S/C19H14N2O2/c1-21-15-10-6-5-9-14(15)20-19(21)17-12-11-16(23-17)18(22)13-7-3-2-4-8-13/h2-12H,1H3. The third kappa shape index (κ3) is 2.25. The molecule has 23 heavy (non-hydrogen) atoms. The predicted molar refractivity (Wildman–Crippen MR) is 88.3 cm³/mol. The zero-order valence-electron chi connectivity index (χ0n) is 12.6. The lowest BCUT2D eigenvalue weighted by molar-refractivity contribution is 0.101. The molecule has 4 heteroatoms. The fourth-order valence-corrected chi connectivity index (χ4v) is 2.68. The van der Waals surface area contributed by atoms with Crippen LogP contribution in [0, 0.1) is 0 Å². The molecule has 2 aromatic carbocycles. The molecule has 0 bridgehead atoms. The molecule has 0 saturated carbocycles. The van der Waals surface area contributed by atoms with Crippen LogP contribution in [0.25, 0.3) is 22.6 Å². The Morgan fingerprint density at radius 3 is 2.48 bits per heavy atom. The molecule has 0 atom stereocenters. The van der Waals surface area contributed by atoms with E-state index >= 15 is 0 Å². The first kappa shape index (κ1) is 13.5. The molecule has 0 N–H and O–H groups in total. The van der Waals surface area contributed by atoms with Crippen LogP contribution >= 0.6 is 0 Å². The summed E-state index contributed by atoms with van der Waals surface area (Å²) in [5.74, 6) is 1.48. The summed E-state index contributed by atoms with van der Waals surface area (Å²) in [6, 6.07) is 20.5. The van der Waals surface area contributed by atoms with Gasteiger partial charge in [0.25, 0.3) is 0 Å². The summed E-state index contributed by atoms with van der Waals surface area (Å²) in [5.41, 5.74) is 2.53. The summed E-state index contributed by atoms with van der Waals surface area (Å²) < 4.78 is 7.73. The van der Waals surface area contributed by atoms with Crippen LogP contribution in [-0.2, 0) is 7.05 Å². The summed E-state index contributed by atoms with van der Waals surface area (Å²) in [5, 5.41) is 0. The number of fused-ring (bicyclic) bond motifs is 1. The number of ketones is 1. The highest BCUT2D eigenvalue weighted by Gasteiger charge is 2.17. The number of nitrogens with zero attached hydrogens (tertiary/aromatic N) is 2. The van der Waals surface area contributed by atoms with E-state index in [-0.39, 0.29) is 5.78 Å². The molecule has 0 spiro atoms. The second-order valence-electron chi connectivity index (χ2n) is 5.34. The van der Waals surface area contributed by atoms with Crippen molar-refractivity contribution < 1.29 is 9.21 Å². The van der Waals surface area contributed by atoms with Crippen LogP contribution in [0.1, 0.15) is 16.1 Å². The lowest BCUT2D eigenvalue weighted by Gasteiger charge is -1.99. The van der Waals surface area contributed by atoms with Crippen LogP contribution < -0.4 is 0 Å². The third-order valence-corrected chi connectivity index (χ3v) is 3.87. The monoisotopic (exact) mass is 302 g/mol. The summed E-state index contributed by atoms with van der Waals surface area (Å²) in [6.45, 7) is 0. The highest BCUT2D eigenvalue weighted by molar-refractivity contribution is 6.07. The van der Waals surface area contributed by atoms with E-state index in [9.17, 15) is 4.79 Å². The first-order chi connectivity index (χ1) is 11.2. The van der Waals surface area contributed by atoms with Gasteiger partial charge in [-0.3, -0.25) is 4.79 Å². The van der Waals surface area contributed by atoms with Crippen LogP contribution in [0.2, 0.25) is 0 Å². The average Bonchev–Trinajstić information content (AvgIpc) is 3.20. The minimum atomic E-state index is -0.129. The summed E-state index contributed by atoms with van der Waals surface area (Å²) in [6.07, 6.45) is 0. The molecule has 0 radical (unpaired) electrons. The maximum absolute atomic E-state index is 12.4. The van der Waals surface area contributed by atoms with Crippen molar-refractivity contribution in [1.82, 2.24) is 9.55 Å². The molecule has 0 aliphatic carbocycles. The fourth-order valence-electron chi connectivity index (χ4n) is 2.68. The number of aromatic nitrogens is 2. The summed E-state index contributed by atoms with van der Waals surface area (Å²) in [7, 11) is 1.94. The molecule has 4 nitrogen and oxygen atoms in total. The highest BCUT2D eigenvalue weighted by Crippen LogP contribution is 2.26. The lowest BCUT2D eigenvalue weighted by atomic mass is 10.1. The molecule has 0 aliphatic rings. The number of carbonyl (C=O) groups excluding carboxylic acids is 1. The number of carbonyl (C=O) groups is 1. The molecule has 0 saturated heterocycles. The van der Waals surface area contributed by atoms with Gasteiger partial charge in [-0.25, -0.2) is 4.98 Å². The van der Waals surface area contributed by atoms with E-state index in [1.165, 1.54) is 0 Å². The maximum Gasteiger partial charge on any atom is 0.228 e. The van der Waals surface area contributed by atoms with Crippen molar-refractivity contribution in [2.75, 3.05) is 0 Å². The fraction of sp³-hybridized carbons (Fsp3) is 0.0526. The smallest absolute Gasteiger partial charge is 0.228 e. The summed E-state index contributed by atoms with van der Waals surface area (Å²) in [4.78, 5) is 17.0. The molecule has 0 amide bonds. The second-order valence-corrected chi connectivity index (χ2v) is 5.34. The van der Waals surface area contributed by atoms with E-state index in [1.807, 2.05) is 54.1 Å². The van der Waals surface area contributed by atoms with E-state index in [4.69, 9.17) is 4.42 Å². The Labute approximate surface area is 133 Å². The molecule has 2 heterocycles. The largest absolute Gasteiger partial charge is 0.449 e. The molecule has 2 aromatic heterocycles. The molecular weight excluding hydrogens is 288 g/mol.